The fourth-order valence-corrected chi connectivity index (χ4v) is 2.50. The van der Waals surface area contributed by atoms with E-state index in [0.29, 0.717) is 24.4 Å². The van der Waals surface area contributed by atoms with Gasteiger partial charge in [-0.1, -0.05) is 19.9 Å². The molecular formula is C23H35N2NaO16. The monoisotopic (exact) mass is 618 g/mol. The molecule has 0 bridgehead atoms. The Balaban J connectivity index is -0.000000575. The average molecular weight is 619 g/mol. The second-order valence-corrected chi connectivity index (χ2v) is 8.58. The third kappa shape index (κ3) is 17.0. The molecular weight excluding hydrogens is 583 g/mol. The van der Waals surface area contributed by atoms with Gasteiger partial charge in [-0.25, -0.2) is 14.4 Å². The van der Waals surface area contributed by atoms with E-state index in [1.54, 1.807) is 13.1 Å². The minimum atomic E-state index is -2.69. The number of hydrogen-bond acceptors (Lipinski definition) is 15. The summed E-state index contributed by atoms with van der Waals surface area (Å²) < 4.78 is 3.86. The number of nitrogens with one attached hydrogen (secondary N) is 1. The second kappa shape index (κ2) is 21.6. The first kappa shape index (κ1) is 43.4. The number of rotatable bonds is 13. The van der Waals surface area contributed by atoms with E-state index in [1.165, 1.54) is 12.1 Å². The van der Waals surface area contributed by atoms with Crippen LogP contribution in [0.3, 0.4) is 0 Å². The van der Waals surface area contributed by atoms with E-state index < -0.39 is 66.4 Å². The van der Waals surface area contributed by atoms with E-state index in [4.69, 9.17) is 46.6 Å². The normalized spacial score (nSPS) is 14.5. The van der Waals surface area contributed by atoms with Crippen molar-refractivity contribution in [1.82, 2.24) is 5.32 Å². The Kier molecular flexibility index (Phi) is 22.3. The largest absolute Gasteiger partial charge is 1.00 e. The Bertz CT molecular complexity index is 1020. The average Bonchev–Trinajstić information content (AvgIpc) is 2.87. The first-order chi connectivity index (χ1) is 18.8. The van der Waals surface area contributed by atoms with Crippen molar-refractivity contribution in [3.05, 3.63) is 23.8 Å². The van der Waals surface area contributed by atoms with Crippen molar-refractivity contribution in [2.75, 3.05) is 13.6 Å². The molecule has 0 spiro atoms. The first-order valence-electron chi connectivity index (χ1n) is 11.5. The van der Waals surface area contributed by atoms with Gasteiger partial charge in [0, 0.05) is 6.54 Å². The summed E-state index contributed by atoms with van der Waals surface area (Å²) in [6, 6.07) is 3.57. The van der Waals surface area contributed by atoms with Crippen molar-refractivity contribution >= 4 is 29.8 Å². The van der Waals surface area contributed by atoms with Crippen molar-refractivity contribution < 1.29 is 109 Å². The van der Waals surface area contributed by atoms with E-state index >= 15 is 0 Å². The van der Waals surface area contributed by atoms with E-state index in [0.717, 1.165) is 0 Å². The van der Waals surface area contributed by atoms with Crippen LogP contribution in [-0.2, 0) is 28.7 Å². The number of nitrogens with two attached hydrogens (primary N) is 1. The third-order valence-corrected chi connectivity index (χ3v) is 4.63. The van der Waals surface area contributed by atoms with Crippen molar-refractivity contribution in [2.24, 2.45) is 11.7 Å². The number of carboxylic acids is 4. The van der Waals surface area contributed by atoms with Crippen LogP contribution in [0.4, 0.5) is 0 Å². The number of carbonyl (C=O) groups is 5. The summed E-state index contributed by atoms with van der Waals surface area (Å²) in [6.45, 7) is 4.30. The SMILES string of the molecule is CC(C)C[C@H](N)C(=O)O.CNCC(O)c1ccc(O)c(O)c1.O=C(O)C(O)C(O)C(=O)OC(C(=O)[O-])C(O)C(=O)O.[Na+]. The van der Waals surface area contributed by atoms with E-state index in [9.17, 15) is 34.2 Å². The fraction of sp³-hybridized carbons (Fsp3) is 0.522. The number of aliphatic hydroxyl groups is 4. The molecule has 42 heavy (non-hydrogen) atoms. The Labute approximate surface area is 261 Å². The van der Waals surface area contributed by atoms with Gasteiger partial charge in [0.25, 0.3) is 0 Å². The molecule has 0 aliphatic carbocycles. The number of aliphatic carboxylic acids is 4. The summed E-state index contributed by atoms with van der Waals surface area (Å²) in [4.78, 5) is 52.1. The predicted octanol–water partition coefficient (Wildman–Crippen LogP) is -7.30. The van der Waals surface area contributed by atoms with Gasteiger partial charge >= 0.3 is 53.4 Å². The van der Waals surface area contributed by atoms with Crippen LogP contribution in [0.1, 0.15) is 31.9 Å². The van der Waals surface area contributed by atoms with E-state index in [1.807, 2.05) is 13.8 Å². The molecule has 0 heterocycles. The van der Waals surface area contributed by atoms with Gasteiger partial charge in [-0.3, -0.25) is 4.79 Å². The summed E-state index contributed by atoms with van der Waals surface area (Å²) in [5.41, 5.74) is 5.79. The van der Waals surface area contributed by atoms with Crippen LogP contribution in [0, 0.1) is 5.92 Å². The Hall–Kier alpha value is -3.07. The number of carbonyl (C=O) groups excluding carboxylic acids is 2. The number of carboxylic acid groups (broad SMARTS) is 4. The van der Waals surface area contributed by atoms with Gasteiger partial charge in [-0.2, -0.15) is 0 Å². The van der Waals surface area contributed by atoms with Crippen LogP contribution in [0.15, 0.2) is 18.2 Å². The van der Waals surface area contributed by atoms with Crippen LogP contribution in [0.2, 0.25) is 0 Å². The Morgan fingerprint density at radius 1 is 0.881 bits per heavy atom. The van der Waals surface area contributed by atoms with Crippen LogP contribution < -0.4 is 45.7 Å². The number of likely N-dealkylation sites (N-methyl/N-ethyl adjacent to an activating group) is 1. The molecule has 0 amide bonds. The molecule has 1 rings (SSSR count). The quantitative estimate of drug-likeness (QED) is 0.0555. The summed E-state index contributed by atoms with van der Waals surface area (Å²) in [7, 11) is 1.73. The van der Waals surface area contributed by atoms with Crippen LogP contribution in [0.25, 0.3) is 0 Å². The summed E-state index contributed by atoms with van der Waals surface area (Å²) in [5, 5.41) is 92.3. The predicted molar refractivity (Wildman–Crippen MR) is 132 cm³/mol. The minimum Gasteiger partial charge on any atom is -0.546 e. The van der Waals surface area contributed by atoms with Crippen LogP contribution >= 0.6 is 0 Å². The molecule has 0 radical (unpaired) electrons. The number of ether oxygens (including phenoxy) is 1. The fourth-order valence-electron chi connectivity index (χ4n) is 2.50. The maximum atomic E-state index is 11.0. The molecule has 12 N–H and O–H groups in total. The van der Waals surface area contributed by atoms with Gasteiger partial charge in [-0.15, -0.1) is 0 Å². The van der Waals surface area contributed by atoms with Crippen molar-refractivity contribution in [3.63, 3.8) is 0 Å². The van der Waals surface area contributed by atoms with E-state index in [-0.39, 0.29) is 41.1 Å². The van der Waals surface area contributed by atoms with Crippen LogP contribution in [0.5, 0.6) is 11.5 Å². The van der Waals surface area contributed by atoms with Crippen molar-refractivity contribution in [1.29, 1.82) is 0 Å². The number of esters is 1. The zero-order valence-corrected chi connectivity index (χ0v) is 25.1. The van der Waals surface area contributed by atoms with Crippen molar-refractivity contribution in [3.8, 4) is 11.5 Å². The maximum Gasteiger partial charge on any atom is 1.00 e. The summed E-state index contributed by atoms with van der Waals surface area (Å²) in [5.74, 6) is -9.26. The number of benzene rings is 1. The first-order valence-corrected chi connectivity index (χ1v) is 11.5. The van der Waals surface area contributed by atoms with Crippen LogP contribution in [-0.4, -0.2) is 120 Å². The number of hydrogen-bond donors (Lipinski definition) is 11. The van der Waals surface area contributed by atoms with Gasteiger partial charge in [0.15, 0.2) is 35.9 Å². The smallest absolute Gasteiger partial charge is 0.546 e. The molecule has 0 aromatic heterocycles. The maximum absolute atomic E-state index is 11.0. The molecule has 5 unspecified atom stereocenters. The molecule has 1 aromatic rings. The molecule has 0 aliphatic rings. The second-order valence-electron chi connectivity index (χ2n) is 8.58. The van der Waals surface area contributed by atoms with Gasteiger partial charge in [-0.05, 0) is 37.1 Å². The molecule has 18 nitrogen and oxygen atoms in total. The zero-order chi connectivity index (χ0) is 32.6. The summed E-state index contributed by atoms with van der Waals surface area (Å²) in [6.07, 6.45) is -10.8. The zero-order valence-electron chi connectivity index (χ0n) is 23.1. The molecule has 234 valence electrons. The summed E-state index contributed by atoms with van der Waals surface area (Å²) >= 11 is 0. The topological polar surface area (TPSA) is 338 Å². The molecule has 0 saturated carbocycles. The van der Waals surface area contributed by atoms with Gasteiger partial charge < -0.3 is 71.6 Å². The number of phenols is 2. The minimum absolute atomic E-state index is 0. The van der Waals surface area contributed by atoms with Gasteiger partial charge in [0.2, 0.25) is 0 Å². The van der Waals surface area contributed by atoms with Crippen molar-refractivity contribution in [2.45, 2.75) is 56.8 Å². The number of phenolic OH excluding ortho intramolecular Hbond substituents is 2. The molecule has 19 heteroatoms. The third-order valence-electron chi connectivity index (χ3n) is 4.63. The van der Waals surface area contributed by atoms with Gasteiger partial charge in [0.1, 0.15) is 6.04 Å². The van der Waals surface area contributed by atoms with E-state index in [2.05, 4.69) is 10.1 Å². The number of aromatic hydroxyl groups is 2. The molecule has 0 aliphatic heterocycles. The standard InChI is InChI=1S/C9H13NO3.C8H10O11.C6H13NO2.Na/c1-10-5-9(13)6-2-3-7(11)8(12)4-6;9-1(5(12)13)2(10)8(18)19-4(7(16)17)3(11)6(14)15;1-4(2)3-5(7)6(8)9;/h2-4,9-13H,5H2,1H3;1-4,9-11H,(H,12,13)(H,14,15)(H,16,17);4-5H,3,7H2,1-2H3,(H,8,9);/q;;;+1/p-1/t;;5-;/m..0./s1. The Morgan fingerprint density at radius 3 is 1.71 bits per heavy atom. The Morgan fingerprint density at radius 2 is 1.38 bits per heavy atom. The molecule has 6 atom stereocenters. The molecule has 0 saturated heterocycles. The molecule has 0 fully saturated rings. The molecule has 1 aromatic carbocycles. The van der Waals surface area contributed by atoms with Gasteiger partial charge in [0.05, 0.1) is 12.1 Å². The number of aliphatic hydroxyl groups excluding tert-OH is 4.